The summed E-state index contributed by atoms with van der Waals surface area (Å²) in [5.74, 6) is -1.11. The second-order valence-electron chi connectivity index (χ2n) is 6.06. The minimum absolute atomic E-state index is 0.0141. The number of amides is 1. The number of carbonyl (C=O) groups is 1. The van der Waals surface area contributed by atoms with Crippen molar-refractivity contribution in [3.05, 3.63) is 22.5 Å². The monoisotopic (exact) mass is 434 g/mol. The van der Waals surface area contributed by atoms with Gasteiger partial charge in [-0.3, -0.25) is 10.1 Å². The van der Waals surface area contributed by atoms with Gasteiger partial charge in [0.2, 0.25) is 11.8 Å². The molecule has 2 aromatic rings. The Morgan fingerprint density at radius 2 is 1.83 bits per heavy atom. The van der Waals surface area contributed by atoms with Crippen molar-refractivity contribution in [2.45, 2.75) is 24.6 Å². The van der Waals surface area contributed by atoms with Crippen molar-refractivity contribution in [1.29, 1.82) is 0 Å². The lowest BCUT2D eigenvalue weighted by molar-refractivity contribution is -0.145. The minimum Gasteiger partial charge on any atom is -0.480 e. The summed E-state index contributed by atoms with van der Waals surface area (Å²) in [5, 5.41) is 12.7. The molecule has 29 heavy (non-hydrogen) atoms. The molecule has 0 radical (unpaired) electrons. The molecule has 1 amide bonds. The smallest absolute Gasteiger partial charge is 0.434 e. The first kappa shape index (κ1) is 21.2. The van der Waals surface area contributed by atoms with Crippen molar-refractivity contribution in [2.75, 3.05) is 32.8 Å². The van der Waals surface area contributed by atoms with E-state index in [-0.39, 0.29) is 53.4 Å². The first-order valence-corrected chi connectivity index (χ1v) is 9.14. The van der Waals surface area contributed by atoms with Crippen molar-refractivity contribution in [3.63, 3.8) is 0 Å². The van der Waals surface area contributed by atoms with E-state index in [9.17, 15) is 23.1 Å². The standard InChI is InChI=1S/C16H17F3N4O5S/c1-26-12-8(13(27-2)21-7-20-12)11(24)23-14-22-9(16(17,18)19)10(29-14)15(25)3-5-28-6-4-15/h7,25H,3-6H2,1-2H3,(H,22,23,24). The van der Waals surface area contributed by atoms with E-state index in [2.05, 4.69) is 20.3 Å². The van der Waals surface area contributed by atoms with Gasteiger partial charge in [0.05, 0.1) is 19.1 Å². The molecular formula is C16H17F3N4O5S. The van der Waals surface area contributed by atoms with Crippen LogP contribution in [-0.4, -0.2) is 53.4 Å². The zero-order valence-corrected chi connectivity index (χ0v) is 16.2. The molecule has 0 atom stereocenters. The van der Waals surface area contributed by atoms with Crippen molar-refractivity contribution >= 4 is 22.4 Å². The van der Waals surface area contributed by atoms with Crippen LogP contribution < -0.4 is 14.8 Å². The maximum atomic E-state index is 13.5. The summed E-state index contributed by atoms with van der Waals surface area (Å²) in [5.41, 5.74) is -3.19. The van der Waals surface area contributed by atoms with Gasteiger partial charge in [-0.25, -0.2) is 15.0 Å². The number of halogens is 3. The lowest BCUT2D eigenvalue weighted by atomic mass is 9.91. The van der Waals surface area contributed by atoms with E-state index in [1.807, 2.05) is 0 Å². The number of anilines is 1. The van der Waals surface area contributed by atoms with Gasteiger partial charge in [-0.1, -0.05) is 11.3 Å². The molecule has 2 N–H and O–H groups in total. The fourth-order valence-electron chi connectivity index (χ4n) is 2.83. The molecule has 1 fully saturated rings. The lowest BCUT2D eigenvalue weighted by Crippen LogP contribution is -2.34. The predicted octanol–water partition coefficient (Wildman–Crippen LogP) is 2.22. The number of ether oxygens (including phenoxy) is 3. The Hall–Kier alpha value is -2.51. The van der Waals surface area contributed by atoms with Crippen LogP contribution in [0.1, 0.15) is 33.8 Å². The zero-order valence-electron chi connectivity index (χ0n) is 15.4. The van der Waals surface area contributed by atoms with Gasteiger partial charge >= 0.3 is 6.18 Å². The summed E-state index contributed by atoms with van der Waals surface area (Å²) in [6.45, 7) is 0.228. The van der Waals surface area contributed by atoms with E-state index >= 15 is 0 Å². The van der Waals surface area contributed by atoms with E-state index < -0.39 is 23.4 Å². The summed E-state index contributed by atoms with van der Waals surface area (Å²) in [4.78, 5) is 23.4. The Labute approximate surface area is 166 Å². The molecule has 9 nitrogen and oxygen atoms in total. The third-order valence-corrected chi connectivity index (χ3v) is 5.41. The van der Waals surface area contributed by atoms with Gasteiger partial charge in [0.25, 0.3) is 5.91 Å². The van der Waals surface area contributed by atoms with E-state index in [4.69, 9.17) is 14.2 Å². The number of nitrogens with zero attached hydrogens (tertiary/aromatic N) is 3. The molecule has 1 saturated heterocycles. The number of thiazole rings is 1. The van der Waals surface area contributed by atoms with Gasteiger partial charge in [0.1, 0.15) is 11.9 Å². The van der Waals surface area contributed by atoms with Gasteiger partial charge in [0, 0.05) is 26.1 Å². The second-order valence-corrected chi connectivity index (χ2v) is 7.06. The van der Waals surface area contributed by atoms with Gasteiger partial charge in [-0.2, -0.15) is 13.2 Å². The van der Waals surface area contributed by atoms with Crippen LogP contribution in [0.25, 0.3) is 0 Å². The van der Waals surface area contributed by atoms with Gasteiger partial charge in [-0.05, 0) is 0 Å². The average Bonchev–Trinajstić information content (AvgIpc) is 3.13. The molecule has 3 rings (SSSR count). The molecular weight excluding hydrogens is 417 g/mol. The van der Waals surface area contributed by atoms with Crippen molar-refractivity contribution in [1.82, 2.24) is 15.0 Å². The molecule has 0 saturated carbocycles. The molecule has 0 aliphatic carbocycles. The second kappa shape index (κ2) is 8.08. The number of alkyl halides is 3. The number of aliphatic hydroxyl groups is 1. The maximum Gasteiger partial charge on any atom is 0.434 e. The van der Waals surface area contributed by atoms with Crippen LogP contribution in [0.3, 0.4) is 0 Å². The highest BCUT2D eigenvalue weighted by atomic mass is 32.1. The molecule has 0 spiro atoms. The van der Waals surface area contributed by atoms with Crippen LogP contribution in [0, 0.1) is 0 Å². The number of hydrogen-bond acceptors (Lipinski definition) is 9. The normalized spacial score (nSPS) is 16.3. The summed E-state index contributed by atoms with van der Waals surface area (Å²) >= 11 is 0.551. The van der Waals surface area contributed by atoms with Crippen LogP contribution >= 0.6 is 11.3 Å². The molecule has 1 aliphatic heterocycles. The van der Waals surface area contributed by atoms with Crippen LogP contribution in [-0.2, 0) is 16.5 Å². The maximum absolute atomic E-state index is 13.5. The quantitative estimate of drug-likeness (QED) is 0.736. The largest absolute Gasteiger partial charge is 0.480 e. The van der Waals surface area contributed by atoms with Crippen LogP contribution in [0.15, 0.2) is 6.33 Å². The molecule has 13 heteroatoms. The molecule has 0 unspecified atom stereocenters. The van der Waals surface area contributed by atoms with Crippen molar-refractivity contribution < 1.29 is 37.3 Å². The molecule has 3 heterocycles. The van der Waals surface area contributed by atoms with E-state index in [1.165, 1.54) is 14.2 Å². The lowest BCUT2D eigenvalue weighted by Gasteiger charge is -2.31. The summed E-state index contributed by atoms with van der Waals surface area (Å²) in [6, 6.07) is 0. The third-order valence-electron chi connectivity index (χ3n) is 4.25. The van der Waals surface area contributed by atoms with Crippen LogP contribution in [0.2, 0.25) is 0 Å². The highest BCUT2D eigenvalue weighted by Crippen LogP contribution is 2.45. The van der Waals surface area contributed by atoms with Crippen LogP contribution in [0.4, 0.5) is 18.3 Å². The molecule has 0 aromatic carbocycles. The van der Waals surface area contributed by atoms with E-state index in [0.29, 0.717) is 11.3 Å². The van der Waals surface area contributed by atoms with Gasteiger partial charge in [-0.15, -0.1) is 0 Å². The van der Waals surface area contributed by atoms with Gasteiger partial charge < -0.3 is 19.3 Å². The highest BCUT2D eigenvalue weighted by molar-refractivity contribution is 7.16. The molecule has 2 aromatic heterocycles. The molecule has 1 aliphatic rings. The first-order chi connectivity index (χ1) is 13.7. The van der Waals surface area contributed by atoms with E-state index in [1.54, 1.807) is 0 Å². The number of aromatic nitrogens is 3. The predicted molar refractivity (Wildman–Crippen MR) is 94.2 cm³/mol. The zero-order chi connectivity index (χ0) is 21.2. The Morgan fingerprint density at radius 3 is 2.34 bits per heavy atom. The summed E-state index contributed by atoms with van der Waals surface area (Å²) in [7, 11) is 2.53. The fraction of sp³-hybridized carbons (Fsp3) is 0.500. The Morgan fingerprint density at radius 1 is 1.24 bits per heavy atom. The number of rotatable bonds is 5. The number of hydrogen-bond donors (Lipinski definition) is 2. The summed E-state index contributed by atoms with van der Waals surface area (Å²) in [6.07, 6.45) is -3.73. The highest BCUT2D eigenvalue weighted by Gasteiger charge is 2.45. The Balaban J connectivity index is 1.98. The van der Waals surface area contributed by atoms with Crippen molar-refractivity contribution in [2.24, 2.45) is 0 Å². The number of methoxy groups -OCH3 is 2. The van der Waals surface area contributed by atoms with Crippen LogP contribution in [0.5, 0.6) is 11.8 Å². The Kier molecular flexibility index (Phi) is 5.91. The minimum atomic E-state index is -4.81. The topological polar surface area (TPSA) is 116 Å². The SMILES string of the molecule is COc1ncnc(OC)c1C(=O)Nc1nc(C(F)(F)F)c(C2(O)CCOCC2)s1. The van der Waals surface area contributed by atoms with Crippen molar-refractivity contribution in [3.8, 4) is 11.8 Å². The first-order valence-electron chi connectivity index (χ1n) is 8.32. The average molecular weight is 434 g/mol. The molecule has 158 valence electrons. The third kappa shape index (κ3) is 4.26. The fourth-order valence-corrected chi connectivity index (χ4v) is 3.96. The number of carbonyl (C=O) groups excluding carboxylic acids is 1. The summed E-state index contributed by atoms with van der Waals surface area (Å²) < 4.78 is 55.7. The molecule has 0 bridgehead atoms. The van der Waals surface area contributed by atoms with E-state index in [0.717, 1.165) is 6.33 Å². The number of nitrogens with one attached hydrogen (secondary N) is 1. The van der Waals surface area contributed by atoms with Gasteiger partial charge in [0.15, 0.2) is 16.4 Å². The Bertz CT molecular complexity index is 877.